The third-order valence-corrected chi connectivity index (χ3v) is 0.621. The molecule has 0 atom stereocenters. The van der Waals surface area contributed by atoms with Crippen LogP contribution in [-0.2, 0) is 9.59 Å². The van der Waals surface area contributed by atoms with Gasteiger partial charge in [0.05, 0.1) is 0 Å². The lowest BCUT2D eigenvalue weighted by Crippen LogP contribution is -1.87. The molecular weight excluding hydrogens is 176 g/mol. The van der Waals surface area contributed by atoms with E-state index in [1.807, 2.05) is 0 Å². The van der Waals surface area contributed by atoms with Crippen molar-refractivity contribution >= 4 is 26.6 Å². The monoisotopic (exact) mass is 178 g/mol. The minimum absolute atomic E-state index is 0.445. The second-order valence-electron chi connectivity index (χ2n) is 0.976. The molecule has 4 heteroatoms. The Balaban J connectivity index is 3.67. The summed E-state index contributed by atoms with van der Waals surface area (Å²) in [6.45, 7) is 0. The average Bonchev–Trinajstić information content (AvgIpc) is 1.61. The summed E-state index contributed by atoms with van der Waals surface area (Å²) in [5.41, 5.74) is 0. The highest BCUT2D eigenvalue weighted by Crippen LogP contribution is 1.84. The lowest BCUT2D eigenvalue weighted by Gasteiger charge is -1.73. The van der Waals surface area contributed by atoms with Gasteiger partial charge in [0.15, 0.2) is 0 Å². The van der Waals surface area contributed by atoms with E-state index in [4.69, 9.17) is 5.11 Å². The Labute approximate surface area is 54.1 Å². The first kappa shape index (κ1) is 7.36. The van der Waals surface area contributed by atoms with E-state index in [1.165, 1.54) is 0 Å². The fourth-order valence-electron chi connectivity index (χ4n) is 0.137. The summed E-state index contributed by atoms with van der Waals surface area (Å²) in [5, 5.41) is 7.90. The van der Waals surface area contributed by atoms with Gasteiger partial charge in [-0.15, -0.1) is 0 Å². The summed E-state index contributed by atoms with van der Waals surface area (Å²) >= 11 is 2.51. The van der Waals surface area contributed by atoms with Gasteiger partial charge in [-0.25, -0.2) is 4.79 Å². The third kappa shape index (κ3) is 5.36. The largest absolute Gasteiger partial charge is 0.478 e. The van der Waals surface area contributed by atoms with E-state index in [-0.39, 0.29) is 0 Å². The molecule has 0 amide bonds. The minimum Gasteiger partial charge on any atom is -0.478 e. The van der Waals surface area contributed by atoms with E-state index < -0.39 is 10.7 Å². The molecule has 0 bridgehead atoms. The van der Waals surface area contributed by atoms with Crippen molar-refractivity contribution < 1.29 is 14.7 Å². The molecule has 0 fully saturated rings. The van der Waals surface area contributed by atoms with Crippen LogP contribution in [0.2, 0.25) is 0 Å². The molecule has 1 N–H and O–H groups in total. The summed E-state index contributed by atoms with van der Waals surface area (Å²) in [5.74, 6) is -1.13. The Hall–Kier alpha value is -0.640. The van der Waals surface area contributed by atoms with E-state index in [2.05, 4.69) is 15.9 Å². The van der Waals surface area contributed by atoms with Crippen molar-refractivity contribution in [3.63, 3.8) is 0 Å². The molecule has 0 aromatic carbocycles. The van der Waals surface area contributed by atoms with Crippen LogP contribution in [0.25, 0.3) is 0 Å². The normalized spacial score (nSPS) is 9.62. The predicted octanol–water partition coefficient (Wildman–Crippen LogP) is 0.549. The fourth-order valence-corrected chi connectivity index (χ4v) is 0.269. The maximum absolute atomic E-state index is 9.91. The van der Waals surface area contributed by atoms with Crippen molar-refractivity contribution in [3.05, 3.63) is 12.2 Å². The van der Waals surface area contributed by atoms with Gasteiger partial charge >= 0.3 is 5.97 Å². The van der Waals surface area contributed by atoms with Gasteiger partial charge in [-0.1, -0.05) is 0 Å². The first-order valence-corrected chi connectivity index (χ1v) is 2.52. The minimum atomic E-state index is -1.13. The van der Waals surface area contributed by atoms with Crippen molar-refractivity contribution in [1.29, 1.82) is 0 Å². The highest BCUT2D eigenvalue weighted by atomic mass is 79.9. The lowest BCUT2D eigenvalue weighted by atomic mass is 10.5. The van der Waals surface area contributed by atoms with Crippen LogP contribution in [0.4, 0.5) is 0 Å². The smallest absolute Gasteiger partial charge is 0.328 e. The highest BCUT2D eigenvalue weighted by Gasteiger charge is 1.87. The third-order valence-electron chi connectivity index (χ3n) is 0.357. The summed E-state index contributed by atoms with van der Waals surface area (Å²) in [7, 11) is 0. The zero-order chi connectivity index (χ0) is 6.57. The van der Waals surface area contributed by atoms with Crippen LogP contribution in [-0.4, -0.2) is 15.8 Å². The van der Waals surface area contributed by atoms with Crippen LogP contribution in [0.15, 0.2) is 12.2 Å². The molecule has 0 heterocycles. The predicted molar refractivity (Wildman–Crippen MR) is 30.7 cm³/mol. The highest BCUT2D eigenvalue weighted by molar-refractivity contribution is 9.18. The molecule has 0 aliphatic rings. The summed E-state index contributed by atoms with van der Waals surface area (Å²) in [4.78, 5) is 19.6. The van der Waals surface area contributed by atoms with E-state index in [0.29, 0.717) is 0 Å². The molecule has 44 valence electrons. The Morgan fingerprint density at radius 3 is 2.00 bits per heavy atom. The first-order valence-electron chi connectivity index (χ1n) is 1.73. The molecule has 0 aromatic rings. The SMILES string of the molecule is O=C(O)C=CC(=O)Br. The molecule has 0 aliphatic heterocycles. The quantitative estimate of drug-likeness (QED) is 0.497. The Bertz CT molecular complexity index is 122. The number of carboxylic acid groups (broad SMARTS) is 1. The number of allylic oxidation sites excluding steroid dienone is 1. The molecule has 8 heavy (non-hydrogen) atoms. The Kier molecular flexibility index (Phi) is 3.10. The second-order valence-corrected chi connectivity index (χ2v) is 1.76. The van der Waals surface area contributed by atoms with Crippen molar-refractivity contribution in [3.8, 4) is 0 Å². The number of rotatable bonds is 2. The van der Waals surface area contributed by atoms with Crippen molar-refractivity contribution in [1.82, 2.24) is 0 Å². The fraction of sp³-hybridized carbons (Fsp3) is 0. The van der Waals surface area contributed by atoms with E-state index in [9.17, 15) is 9.59 Å². The molecule has 0 saturated carbocycles. The summed E-state index contributed by atoms with van der Waals surface area (Å²) in [6, 6.07) is 0. The molecule has 0 rings (SSSR count). The number of aliphatic carboxylic acids is 1. The molecule has 0 unspecified atom stereocenters. The molecular formula is C4H3BrO3. The van der Waals surface area contributed by atoms with Crippen molar-refractivity contribution in [2.24, 2.45) is 0 Å². The van der Waals surface area contributed by atoms with Crippen LogP contribution >= 0.6 is 15.9 Å². The number of carboxylic acids is 1. The van der Waals surface area contributed by atoms with Gasteiger partial charge < -0.3 is 5.11 Å². The topological polar surface area (TPSA) is 54.4 Å². The molecule has 0 aliphatic carbocycles. The van der Waals surface area contributed by atoms with Crippen LogP contribution in [0.1, 0.15) is 0 Å². The number of hydrogen-bond donors (Lipinski definition) is 1. The zero-order valence-electron chi connectivity index (χ0n) is 3.80. The lowest BCUT2D eigenvalue weighted by molar-refractivity contribution is -0.131. The Morgan fingerprint density at radius 1 is 1.38 bits per heavy atom. The van der Waals surface area contributed by atoms with Crippen LogP contribution in [0, 0.1) is 0 Å². The van der Waals surface area contributed by atoms with E-state index >= 15 is 0 Å². The second kappa shape index (κ2) is 3.37. The van der Waals surface area contributed by atoms with Crippen molar-refractivity contribution in [2.45, 2.75) is 0 Å². The van der Waals surface area contributed by atoms with Gasteiger partial charge in [-0.05, 0) is 22.0 Å². The maximum Gasteiger partial charge on any atom is 0.328 e. The molecule has 0 spiro atoms. The van der Waals surface area contributed by atoms with Gasteiger partial charge in [-0.3, -0.25) is 4.79 Å². The van der Waals surface area contributed by atoms with Gasteiger partial charge in [0.2, 0.25) is 4.69 Å². The standard InChI is InChI=1S/C4H3BrO3/c5-3(6)1-2-4(7)8/h1-2H,(H,7,8). The molecule has 0 radical (unpaired) electrons. The number of carbonyl (C=O) groups excluding carboxylic acids is 1. The molecule has 0 aromatic heterocycles. The van der Waals surface area contributed by atoms with Crippen molar-refractivity contribution in [2.75, 3.05) is 0 Å². The van der Waals surface area contributed by atoms with Crippen LogP contribution in [0.3, 0.4) is 0 Å². The van der Waals surface area contributed by atoms with Gasteiger partial charge in [0.25, 0.3) is 0 Å². The summed E-state index contributed by atoms with van der Waals surface area (Å²) in [6.07, 6.45) is 1.68. The Morgan fingerprint density at radius 2 is 1.88 bits per heavy atom. The van der Waals surface area contributed by atoms with Gasteiger partial charge in [-0.2, -0.15) is 0 Å². The van der Waals surface area contributed by atoms with E-state index in [0.717, 1.165) is 12.2 Å². The molecule has 0 saturated heterocycles. The number of halogens is 1. The maximum atomic E-state index is 9.91. The van der Waals surface area contributed by atoms with E-state index in [1.54, 1.807) is 0 Å². The zero-order valence-corrected chi connectivity index (χ0v) is 5.38. The van der Waals surface area contributed by atoms with Gasteiger partial charge in [0, 0.05) is 6.08 Å². The van der Waals surface area contributed by atoms with Crippen LogP contribution < -0.4 is 0 Å². The van der Waals surface area contributed by atoms with Crippen LogP contribution in [0.5, 0.6) is 0 Å². The molecule has 3 nitrogen and oxygen atoms in total. The number of hydrogen-bond acceptors (Lipinski definition) is 2. The summed E-state index contributed by atoms with van der Waals surface area (Å²) < 4.78 is -0.445. The van der Waals surface area contributed by atoms with Gasteiger partial charge in [0.1, 0.15) is 0 Å². The first-order chi connectivity index (χ1) is 3.63. The number of carbonyl (C=O) groups is 2. The average molecular weight is 179 g/mol.